The molecule has 0 saturated carbocycles. The fourth-order valence-corrected chi connectivity index (χ4v) is 1.78. The van der Waals surface area contributed by atoms with E-state index in [0.29, 0.717) is 11.5 Å². The van der Waals surface area contributed by atoms with Crippen molar-refractivity contribution in [2.24, 2.45) is 10.7 Å². The summed E-state index contributed by atoms with van der Waals surface area (Å²) >= 11 is 0. The number of aliphatic imine (C=N–C) groups is 1. The van der Waals surface area contributed by atoms with Gasteiger partial charge in [0.1, 0.15) is 17.6 Å². The van der Waals surface area contributed by atoms with E-state index in [9.17, 15) is 0 Å². The van der Waals surface area contributed by atoms with Crippen molar-refractivity contribution in [2.45, 2.75) is 25.8 Å². The SMILES string of the molecule is CC1N=C(N)c2cnc(C#N)cc2C1C. The number of nitriles is 1. The normalized spacial score (nSPS) is 23.9. The van der Waals surface area contributed by atoms with Gasteiger partial charge in [-0.2, -0.15) is 5.26 Å². The van der Waals surface area contributed by atoms with E-state index in [-0.39, 0.29) is 12.0 Å². The minimum atomic E-state index is 0.159. The van der Waals surface area contributed by atoms with Crippen LogP contribution in [0.15, 0.2) is 17.3 Å². The third-order valence-corrected chi connectivity index (χ3v) is 2.88. The van der Waals surface area contributed by atoms with Crippen molar-refractivity contribution in [1.29, 1.82) is 5.26 Å². The lowest BCUT2D eigenvalue weighted by atomic mass is 9.88. The van der Waals surface area contributed by atoms with Gasteiger partial charge in [0.15, 0.2) is 0 Å². The van der Waals surface area contributed by atoms with E-state index < -0.39 is 0 Å². The van der Waals surface area contributed by atoms with E-state index in [1.54, 1.807) is 12.3 Å². The first-order valence-corrected chi connectivity index (χ1v) is 4.87. The first-order chi connectivity index (χ1) is 7.13. The zero-order valence-corrected chi connectivity index (χ0v) is 8.73. The Hall–Kier alpha value is -1.89. The van der Waals surface area contributed by atoms with Gasteiger partial charge in [0.25, 0.3) is 0 Å². The van der Waals surface area contributed by atoms with E-state index in [1.165, 1.54) is 0 Å². The van der Waals surface area contributed by atoms with E-state index in [0.717, 1.165) is 11.1 Å². The van der Waals surface area contributed by atoms with Gasteiger partial charge in [-0.15, -0.1) is 0 Å². The second kappa shape index (κ2) is 3.35. The van der Waals surface area contributed by atoms with Crippen LogP contribution in [-0.2, 0) is 0 Å². The third-order valence-electron chi connectivity index (χ3n) is 2.88. The molecular weight excluding hydrogens is 188 g/mol. The van der Waals surface area contributed by atoms with Crippen molar-refractivity contribution in [3.63, 3.8) is 0 Å². The van der Waals surface area contributed by atoms with Crippen molar-refractivity contribution in [3.8, 4) is 6.07 Å². The number of nitrogens with two attached hydrogens (primary N) is 1. The summed E-state index contributed by atoms with van der Waals surface area (Å²) in [4.78, 5) is 8.33. The average Bonchev–Trinajstić information content (AvgIpc) is 2.25. The molecule has 0 fully saturated rings. The van der Waals surface area contributed by atoms with Crippen LogP contribution in [0.25, 0.3) is 0 Å². The molecule has 2 N–H and O–H groups in total. The quantitative estimate of drug-likeness (QED) is 0.682. The van der Waals surface area contributed by atoms with Crippen LogP contribution >= 0.6 is 0 Å². The minimum absolute atomic E-state index is 0.159. The van der Waals surface area contributed by atoms with Gasteiger partial charge in [0.05, 0.1) is 6.04 Å². The Bertz CT molecular complexity index is 470. The summed E-state index contributed by atoms with van der Waals surface area (Å²) in [5, 5.41) is 8.78. The van der Waals surface area contributed by atoms with Crippen LogP contribution in [0.2, 0.25) is 0 Å². The van der Waals surface area contributed by atoms with Crippen LogP contribution in [0.3, 0.4) is 0 Å². The Balaban J connectivity index is 2.61. The maximum Gasteiger partial charge on any atom is 0.140 e. The summed E-state index contributed by atoms with van der Waals surface area (Å²) < 4.78 is 0. The lowest BCUT2D eigenvalue weighted by molar-refractivity contribution is 0.603. The van der Waals surface area contributed by atoms with Crippen LogP contribution in [0.4, 0.5) is 0 Å². The van der Waals surface area contributed by atoms with Crippen molar-refractivity contribution in [1.82, 2.24) is 4.98 Å². The molecule has 4 nitrogen and oxygen atoms in total. The molecule has 1 aromatic heterocycles. The maximum atomic E-state index is 8.78. The van der Waals surface area contributed by atoms with Crippen LogP contribution < -0.4 is 5.73 Å². The number of hydrogen-bond acceptors (Lipinski definition) is 4. The van der Waals surface area contributed by atoms with Crippen LogP contribution in [0.5, 0.6) is 0 Å². The van der Waals surface area contributed by atoms with Crippen molar-refractivity contribution in [3.05, 3.63) is 29.1 Å². The lowest BCUT2D eigenvalue weighted by Gasteiger charge is -2.25. The van der Waals surface area contributed by atoms with Gasteiger partial charge < -0.3 is 5.73 Å². The van der Waals surface area contributed by atoms with Gasteiger partial charge in [-0.05, 0) is 18.6 Å². The molecule has 0 aromatic carbocycles. The summed E-state index contributed by atoms with van der Waals surface area (Å²) in [6, 6.07) is 4.00. The van der Waals surface area contributed by atoms with E-state index in [1.807, 2.05) is 13.0 Å². The molecule has 76 valence electrons. The van der Waals surface area contributed by atoms with Gasteiger partial charge in [-0.3, -0.25) is 4.99 Å². The first kappa shape index (κ1) is 9.66. The molecule has 0 bridgehead atoms. The Morgan fingerprint density at radius 2 is 2.20 bits per heavy atom. The second-order valence-electron chi connectivity index (χ2n) is 3.81. The van der Waals surface area contributed by atoms with Crippen molar-refractivity contribution >= 4 is 5.84 Å². The number of amidine groups is 1. The Kier molecular flexibility index (Phi) is 2.16. The number of pyridine rings is 1. The number of aromatic nitrogens is 1. The Labute approximate surface area is 88.5 Å². The molecule has 4 heteroatoms. The Morgan fingerprint density at radius 1 is 1.47 bits per heavy atom. The highest BCUT2D eigenvalue weighted by Gasteiger charge is 2.24. The van der Waals surface area contributed by atoms with Gasteiger partial charge >= 0.3 is 0 Å². The number of rotatable bonds is 0. The molecule has 1 aliphatic heterocycles. The average molecular weight is 200 g/mol. The molecule has 0 radical (unpaired) electrons. The molecule has 1 aromatic rings. The summed E-state index contributed by atoms with van der Waals surface area (Å²) in [5.41, 5.74) is 8.18. The highest BCUT2D eigenvalue weighted by Crippen LogP contribution is 2.28. The van der Waals surface area contributed by atoms with E-state index >= 15 is 0 Å². The highest BCUT2D eigenvalue weighted by atomic mass is 14.9. The van der Waals surface area contributed by atoms with E-state index in [2.05, 4.69) is 16.9 Å². The summed E-state index contributed by atoms with van der Waals surface area (Å²) in [6.07, 6.45) is 1.63. The highest BCUT2D eigenvalue weighted by molar-refractivity contribution is 5.99. The fourth-order valence-electron chi connectivity index (χ4n) is 1.78. The van der Waals surface area contributed by atoms with Gasteiger partial charge in [-0.25, -0.2) is 4.98 Å². The molecule has 2 rings (SSSR count). The molecule has 2 atom stereocenters. The third kappa shape index (κ3) is 1.46. The molecule has 0 saturated heterocycles. The summed E-state index contributed by atoms with van der Waals surface area (Å²) in [7, 11) is 0. The molecule has 0 spiro atoms. The Morgan fingerprint density at radius 3 is 2.87 bits per heavy atom. The zero-order chi connectivity index (χ0) is 11.0. The lowest BCUT2D eigenvalue weighted by Crippen LogP contribution is -2.27. The van der Waals surface area contributed by atoms with Crippen LogP contribution in [0.1, 0.15) is 36.6 Å². The topological polar surface area (TPSA) is 75.1 Å². The second-order valence-corrected chi connectivity index (χ2v) is 3.81. The predicted molar refractivity (Wildman–Crippen MR) is 57.6 cm³/mol. The molecule has 2 unspecified atom stereocenters. The number of fused-ring (bicyclic) bond motifs is 1. The standard InChI is InChI=1S/C11H12N4/c1-6-7(2)15-11(13)10-5-14-8(4-12)3-9(6)10/h3,5-7H,1-2H3,(H2,13,15). The molecule has 0 aliphatic carbocycles. The first-order valence-electron chi connectivity index (χ1n) is 4.87. The number of hydrogen-bond donors (Lipinski definition) is 1. The van der Waals surface area contributed by atoms with Gasteiger partial charge in [0.2, 0.25) is 0 Å². The number of nitrogens with zero attached hydrogens (tertiary/aromatic N) is 3. The molecule has 15 heavy (non-hydrogen) atoms. The summed E-state index contributed by atoms with van der Waals surface area (Å²) in [5.74, 6) is 0.801. The predicted octanol–water partition coefficient (Wildman–Crippen LogP) is 1.16. The summed E-state index contributed by atoms with van der Waals surface area (Å²) in [6.45, 7) is 4.10. The molecular formula is C11H12N4. The zero-order valence-electron chi connectivity index (χ0n) is 8.73. The van der Waals surface area contributed by atoms with Gasteiger partial charge in [0, 0.05) is 17.7 Å². The molecule has 2 heterocycles. The van der Waals surface area contributed by atoms with Crippen LogP contribution in [0, 0.1) is 11.3 Å². The van der Waals surface area contributed by atoms with Gasteiger partial charge in [-0.1, -0.05) is 6.92 Å². The monoisotopic (exact) mass is 200 g/mol. The van der Waals surface area contributed by atoms with Crippen LogP contribution in [-0.4, -0.2) is 16.9 Å². The molecule has 1 aliphatic rings. The molecule has 0 amide bonds. The van der Waals surface area contributed by atoms with E-state index in [4.69, 9.17) is 11.0 Å². The largest absolute Gasteiger partial charge is 0.383 e. The smallest absolute Gasteiger partial charge is 0.140 e. The minimum Gasteiger partial charge on any atom is -0.383 e. The maximum absolute atomic E-state index is 8.78. The van der Waals surface area contributed by atoms with Crippen molar-refractivity contribution < 1.29 is 0 Å². The van der Waals surface area contributed by atoms with Crippen molar-refractivity contribution in [2.75, 3.05) is 0 Å². The fraction of sp³-hybridized carbons (Fsp3) is 0.364.